The number of esters is 1. The van der Waals surface area contributed by atoms with Crippen molar-refractivity contribution in [1.82, 2.24) is 0 Å². The van der Waals surface area contributed by atoms with E-state index in [1.54, 1.807) is 0 Å². The first-order chi connectivity index (χ1) is 11.0. The lowest BCUT2D eigenvalue weighted by Gasteiger charge is -2.35. The molecule has 0 spiro atoms. The van der Waals surface area contributed by atoms with E-state index in [0.717, 1.165) is 6.07 Å². The molecule has 1 aliphatic rings. The van der Waals surface area contributed by atoms with Gasteiger partial charge in [-0.2, -0.15) is 0 Å². The fourth-order valence-electron chi connectivity index (χ4n) is 2.43. The Morgan fingerprint density at radius 3 is 2.95 bits per heavy atom. The molecule has 3 nitrogen and oxygen atoms in total. The third-order valence-electron chi connectivity index (χ3n) is 3.29. The normalized spacial score (nSPS) is 29.6. The largest absolute Gasteiger partial charge is 0.460 e. The summed E-state index contributed by atoms with van der Waals surface area (Å²) < 4.78 is 56.6. The van der Waals surface area contributed by atoms with Crippen molar-refractivity contribution >= 4 is 5.97 Å². The summed E-state index contributed by atoms with van der Waals surface area (Å²) in [4.78, 5) is 11.8. The Morgan fingerprint density at radius 2 is 2.30 bits per heavy atom. The maximum atomic E-state index is 13.6. The molecule has 0 saturated carbocycles. The zero-order chi connectivity index (χ0) is 18.3. The van der Waals surface area contributed by atoms with Crippen molar-refractivity contribution in [2.24, 2.45) is 5.92 Å². The standard InChI is InChI=1S/C16H21FO3/c1-10(2)16-13-6-5-12(17)8-11(13)4-7-14(16)20-15(18)9-19-3/h5-6,8,10,14,16H,4,7,9H2,1-3H3/i4D2,7D2. The number of rotatable bonds is 4. The van der Waals surface area contributed by atoms with Gasteiger partial charge < -0.3 is 9.47 Å². The highest BCUT2D eigenvalue weighted by molar-refractivity contribution is 5.71. The molecule has 2 atom stereocenters. The van der Waals surface area contributed by atoms with E-state index in [-0.39, 0.29) is 18.1 Å². The van der Waals surface area contributed by atoms with Crippen molar-refractivity contribution in [1.29, 1.82) is 0 Å². The topological polar surface area (TPSA) is 35.5 Å². The van der Waals surface area contributed by atoms with Gasteiger partial charge >= 0.3 is 5.97 Å². The minimum atomic E-state index is -2.52. The first kappa shape index (κ1) is 10.3. The lowest BCUT2D eigenvalue weighted by Crippen LogP contribution is -2.34. The molecule has 0 N–H and O–H groups in total. The third-order valence-corrected chi connectivity index (χ3v) is 3.29. The van der Waals surface area contributed by atoms with Crippen LogP contribution in [0.25, 0.3) is 0 Å². The molecule has 0 heterocycles. The number of aryl methyl sites for hydroxylation is 1. The SMILES string of the molecule is [2H]C1([2H])c2cc(F)ccc2C(C(C)C)C(OC(=O)COC)C1([2H])[2H]. The molecule has 2 unspecified atom stereocenters. The average molecular weight is 284 g/mol. The van der Waals surface area contributed by atoms with Crippen molar-refractivity contribution in [3.63, 3.8) is 0 Å². The van der Waals surface area contributed by atoms with Crippen LogP contribution in [0.2, 0.25) is 0 Å². The Kier molecular flexibility index (Phi) is 3.28. The zero-order valence-corrected chi connectivity index (χ0v) is 11.8. The van der Waals surface area contributed by atoms with Gasteiger partial charge in [0.1, 0.15) is 18.5 Å². The van der Waals surface area contributed by atoms with E-state index in [0.29, 0.717) is 5.56 Å². The molecular formula is C16H21FO3. The smallest absolute Gasteiger partial charge is 0.332 e. The average Bonchev–Trinajstić information content (AvgIpc) is 2.46. The van der Waals surface area contributed by atoms with Gasteiger partial charge in [0.05, 0.1) is 0 Å². The second-order valence-electron chi connectivity index (χ2n) is 5.11. The summed E-state index contributed by atoms with van der Waals surface area (Å²) >= 11 is 0. The van der Waals surface area contributed by atoms with Gasteiger partial charge in [-0.1, -0.05) is 19.9 Å². The van der Waals surface area contributed by atoms with Crippen molar-refractivity contribution in [3.05, 3.63) is 35.1 Å². The molecule has 110 valence electrons. The van der Waals surface area contributed by atoms with Crippen LogP contribution in [0.15, 0.2) is 18.2 Å². The van der Waals surface area contributed by atoms with Crippen LogP contribution in [0.5, 0.6) is 0 Å². The number of fused-ring (bicyclic) bond motifs is 1. The highest BCUT2D eigenvalue weighted by Crippen LogP contribution is 2.38. The van der Waals surface area contributed by atoms with Gasteiger partial charge in [-0.15, -0.1) is 0 Å². The Labute approximate surface area is 124 Å². The maximum Gasteiger partial charge on any atom is 0.332 e. The minimum Gasteiger partial charge on any atom is -0.460 e. The summed E-state index contributed by atoms with van der Waals surface area (Å²) in [6.07, 6.45) is -6.37. The molecule has 0 amide bonds. The maximum absolute atomic E-state index is 13.6. The van der Waals surface area contributed by atoms with Gasteiger partial charge in [0.25, 0.3) is 0 Å². The van der Waals surface area contributed by atoms with E-state index in [2.05, 4.69) is 0 Å². The molecule has 4 heteroatoms. The van der Waals surface area contributed by atoms with Crippen LogP contribution in [0.1, 0.15) is 42.7 Å². The van der Waals surface area contributed by atoms with Crippen molar-refractivity contribution in [2.75, 3.05) is 13.7 Å². The van der Waals surface area contributed by atoms with Crippen LogP contribution >= 0.6 is 0 Å². The van der Waals surface area contributed by atoms with Gasteiger partial charge in [0, 0.05) is 18.5 Å². The summed E-state index contributed by atoms with van der Waals surface area (Å²) in [7, 11) is 1.31. The summed E-state index contributed by atoms with van der Waals surface area (Å²) in [6, 6.07) is 3.68. The Hall–Kier alpha value is -1.42. The lowest BCUT2D eigenvalue weighted by molar-refractivity contribution is -0.155. The summed E-state index contributed by atoms with van der Waals surface area (Å²) in [5.74, 6) is -2.15. The fourth-order valence-corrected chi connectivity index (χ4v) is 2.43. The number of hydrogen-bond acceptors (Lipinski definition) is 3. The van der Waals surface area contributed by atoms with E-state index in [9.17, 15) is 9.18 Å². The van der Waals surface area contributed by atoms with Crippen molar-refractivity contribution < 1.29 is 24.1 Å². The predicted octanol–water partition coefficient (Wildman–Crippen LogP) is 3.07. The molecule has 0 aromatic heterocycles. The van der Waals surface area contributed by atoms with Crippen LogP contribution in [-0.4, -0.2) is 25.8 Å². The molecule has 20 heavy (non-hydrogen) atoms. The number of ether oxygens (including phenoxy) is 2. The van der Waals surface area contributed by atoms with E-state index >= 15 is 0 Å². The highest BCUT2D eigenvalue weighted by atomic mass is 19.1. The van der Waals surface area contributed by atoms with Crippen LogP contribution in [-0.2, 0) is 20.6 Å². The Balaban J connectivity index is 2.61. The van der Waals surface area contributed by atoms with Crippen LogP contribution in [0, 0.1) is 11.7 Å². The molecule has 0 radical (unpaired) electrons. The van der Waals surface area contributed by atoms with E-state index in [1.165, 1.54) is 19.2 Å². The van der Waals surface area contributed by atoms with Gasteiger partial charge in [0.15, 0.2) is 0 Å². The first-order valence-corrected chi connectivity index (χ1v) is 6.52. The molecule has 0 aliphatic heterocycles. The third kappa shape index (κ3) is 3.18. The lowest BCUT2D eigenvalue weighted by atomic mass is 9.75. The zero-order valence-electron chi connectivity index (χ0n) is 15.8. The quantitative estimate of drug-likeness (QED) is 0.797. The van der Waals surface area contributed by atoms with E-state index < -0.39 is 36.6 Å². The van der Waals surface area contributed by atoms with Gasteiger partial charge in [-0.05, 0) is 41.9 Å². The minimum absolute atomic E-state index is 0.0368. The van der Waals surface area contributed by atoms with Gasteiger partial charge in [-0.3, -0.25) is 0 Å². The second kappa shape index (κ2) is 6.35. The van der Waals surface area contributed by atoms with E-state index in [1.807, 2.05) is 13.8 Å². The molecular weight excluding hydrogens is 259 g/mol. The number of carbonyl (C=O) groups is 1. The Morgan fingerprint density at radius 1 is 1.55 bits per heavy atom. The van der Waals surface area contributed by atoms with Crippen molar-refractivity contribution in [3.8, 4) is 0 Å². The highest BCUT2D eigenvalue weighted by Gasteiger charge is 2.34. The summed E-state index contributed by atoms with van der Waals surface area (Å²) in [6.45, 7) is 3.30. The molecule has 2 rings (SSSR count). The molecule has 0 saturated heterocycles. The van der Waals surface area contributed by atoms with Crippen LogP contribution in [0.3, 0.4) is 0 Å². The summed E-state index contributed by atoms with van der Waals surface area (Å²) in [5, 5.41) is 0. The molecule has 1 aromatic carbocycles. The fraction of sp³-hybridized carbons (Fsp3) is 0.562. The molecule has 1 aliphatic carbocycles. The van der Waals surface area contributed by atoms with Crippen LogP contribution < -0.4 is 0 Å². The molecule has 1 aromatic rings. The second-order valence-corrected chi connectivity index (χ2v) is 5.11. The number of hydrogen-bond donors (Lipinski definition) is 0. The first-order valence-electron chi connectivity index (χ1n) is 8.52. The number of carbonyl (C=O) groups excluding carboxylic acids is 1. The van der Waals surface area contributed by atoms with Gasteiger partial charge in [0.2, 0.25) is 0 Å². The predicted molar refractivity (Wildman–Crippen MR) is 74.1 cm³/mol. The van der Waals surface area contributed by atoms with Crippen molar-refractivity contribution in [2.45, 2.75) is 38.6 Å². The molecule has 0 fully saturated rings. The number of methoxy groups -OCH3 is 1. The Bertz CT molecular complexity index is 634. The van der Waals surface area contributed by atoms with E-state index in [4.69, 9.17) is 15.0 Å². The number of halogens is 1. The molecule has 0 bridgehead atoms. The van der Waals surface area contributed by atoms with Crippen LogP contribution in [0.4, 0.5) is 4.39 Å². The monoisotopic (exact) mass is 284 g/mol. The summed E-state index contributed by atoms with van der Waals surface area (Å²) in [5.41, 5.74) is 0.423. The number of benzene rings is 1. The van der Waals surface area contributed by atoms with Gasteiger partial charge in [-0.25, -0.2) is 9.18 Å².